The zero-order valence-electron chi connectivity index (χ0n) is 19.9. The highest BCUT2D eigenvalue weighted by molar-refractivity contribution is 5.99. The molecule has 1 spiro atoms. The predicted octanol–water partition coefficient (Wildman–Crippen LogP) is 3.93. The molecule has 3 aromatic rings. The van der Waals surface area contributed by atoms with Crippen LogP contribution in [0, 0.1) is 5.41 Å². The van der Waals surface area contributed by atoms with E-state index in [0.29, 0.717) is 25.2 Å². The molecular formula is C28H29N3O4. The van der Waals surface area contributed by atoms with Crippen molar-refractivity contribution in [1.82, 2.24) is 14.4 Å². The van der Waals surface area contributed by atoms with E-state index in [1.165, 1.54) is 0 Å². The lowest BCUT2D eigenvalue weighted by Crippen LogP contribution is -2.45. The summed E-state index contributed by atoms with van der Waals surface area (Å²) in [5.74, 6) is -0.240. The molecule has 3 aliphatic rings. The molecule has 6 rings (SSSR count). The Balaban J connectivity index is 1.08. The fraction of sp³-hybridized carbons (Fsp3) is 0.393. The molecule has 4 heterocycles. The molecule has 0 bridgehead atoms. The molecule has 0 radical (unpaired) electrons. The zero-order chi connectivity index (χ0) is 24.2. The minimum absolute atomic E-state index is 0.0328. The SMILES string of the molecule is Cn1c(C(=O)N2CCC3(CCN(C(=O)CC4OC(=O)c5ccccc54)C3)CC2)cc2ccccc21. The highest BCUT2D eigenvalue weighted by Crippen LogP contribution is 2.42. The summed E-state index contributed by atoms with van der Waals surface area (Å²) >= 11 is 0. The van der Waals surface area contributed by atoms with Gasteiger partial charge in [-0.1, -0.05) is 36.4 Å². The second-order valence-corrected chi connectivity index (χ2v) is 10.2. The number of piperidine rings is 1. The zero-order valence-corrected chi connectivity index (χ0v) is 19.9. The van der Waals surface area contributed by atoms with Gasteiger partial charge in [0.1, 0.15) is 11.8 Å². The van der Waals surface area contributed by atoms with E-state index in [9.17, 15) is 14.4 Å². The van der Waals surface area contributed by atoms with Gasteiger partial charge in [-0.25, -0.2) is 4.79 Å². The Morgan fingerprint density at radius 3 is 2.43 bits per heavy atom. The fourth-order valence-electron chi connectivity index (χ4n) is 6.06. The first kappa shape index (κ1) is 21.9. The Labute approximate surface area is 204 Å². The van der Waals surface area contributed by atoms with Crippen molar-refractivity contribution >= 4 is 28.7 Å². The van der Waals surface area contributed by atoms with Crippen molar-refractivity contribution in [3.63, 3.8) is 0 Å². The van der Waals surface area contributed by atoms with Gasteiger partial charge in [0, 0.05) is 49.7 Å². The number of hydrogen-bond acceptors (Lipinski definition) is 4. The van der Waals surface area contributed by atoms with Crippen molar-refractivity contribution in [3.05, 3.63) is 71.4 Å². The maximum Gasteiger partial charge on any atom is 0.339 e. The lowest BCUT2D eigenvalue weighted by Gasteiger charge is -2.39. The summed E-state index contributed by atoms with van der Waals surface area (Å²) in [7, 11) is 1.95. The van der Waals surface area contributed by atoms with Gasteiger partial charge >= 0.3 is 5.97 Å². The number of aryl methyl sites for hydroxylation is 1. The van der Waals surface area contributed by atoms with Crippen LogP contribution in [0.5, 0.6) is 0 Å². The Morgan fingerprint density at radius 2 is 1.66 bits per heavy atom. The third-order valence-electron chi connectivity index (χ3n) is 8.21. The van der Waals surface area contributed by atoms with Gasteiger partial charge in [0.2, 0.25) is 5.91 Å². The number of carbonyl (C=O) groups excluding carboxylic acids is 3. The number of rotatable bonds is 3. The van der Waals surface area contributed by atoms with E-state index in [2.05, 4.69) is 0 Å². The molecule has 180 valence electrons. The van der Waals surface area contributed by atoms with E-state index >= 15 is 0 Å². The number of cyclic esters (lactones) is 1. The van der Waals surface area contributed by atoms with Crippen LogP contribution in [0.15, 0.2) is 54.6 Å². The summed E-state index contributed by atoms with van der Waals surface area (Å²) in [4.78, 5) is 42.4. The summed E-state index contributed by atoms with van der Waals surface area (Å²) in [6, 6.07) is 17.3. The fourth-order valence-corrected chi connectivity index (χ4v) is 6.06. The number of hydrogen-bond donors (Lipinski definition) is 0. The predicted molar refractivity (Wildman–Crippen MR) is 131 cm³/mol. The van der Waals surface area contributed by atoms with Crippen molar-refractivity contribution in [2.75, 3.05) is 26.2 Å². The van der Waals surface area contributed by atoms with Crippen LogP contribution in [0.1, 0.15) is 58.2 Å². The Hall–Kier alpha value is -3.61. The number of aromatic nitrogens is 1. The molecule has 7 heteroatoms. The van der Waals surface area contributed by atoms with Crippen LogP contribution >= 0.6 is 0 Å². The molecule has 1 unspecified atom stereocenters. The number of esters is 1. The Morgan fingerprint density at radius 1 is 0.971 bits per heavy atom. The number of amides is 2. The lowest BCUT2D eigenvalue weighted by atomic mass is 9.77. The summed E-state index contributed by atoms with van der Waals surface area (Å²) in [6.07, 6.45) is 2.44. The summed E-state index contributed by atoms with van der Waals surface area (Å²) in [5.41, 5.74) is 3.21. The maximum atomic E-state index is 13.3. The van der Waals surface area contributed by atoms with E-state index < -0.39 is 6.10 Å². The molecule has 2 fully saturated rings. The topological polar surface area (TPSA) is 71.8 Å². The molecular weight excluding hydrogens is 442 g/mol. The standard InChI is InChI=1S/C28H29N3O4/c1-29-22-9-5-2-6-19(22)16-23(29)26(33)30-13-10-28(11-14-30)12-15-31(18-28)25(32)17-24-20-7-3-4-8-21(20)27(34)35-24/h2-9,16,24H,10-15,17-18H2,1H3. The van der Waals surface area contributed by atoms with Crippen molar-refractivity contribution in [2.45, 2.75) is 31.8 Å². The quantitative estimate of drug-likeness (QED) is 0.543. The van der Waals surface area contributed by atoms with Crippen LogP contribution in [0.25, 0.3) is 10.9 Å². The van der Waals surface area contributed by atoms with Crippen molar-refractivity contribution in [1.29, 1.82) is 0 Å². The third kappa shape index (κ3) is 3.70. The van der Waals surface area contributed by atoms with Crippen molar-refractivity contribution in [2.24, 2.45) is 12.5 Å². The lowest BCUT2D eigenvalue weighted by molar-refractivity contribution is -0.132. The maximum absolute atomic E-state index is 13.3. The molecule has 35 heavy (non-hydrogen) atoms. The van der Waals surface area contributed by atoms with Crippen molar-refractivity contribution < 1.29 is 19.1 Å². The summed E-state index contributed by atoms with van der Waals surface area (Å²) < 4.78 is 7.46. The molecule has 0 N–H and O–H groups in total. The molecule has 2 saturated heterocycles. The van der Waals surface area contributed by atoms with E-state index in [0.717, 1.165) is 48.0 Å². The smallest absolute Gasteiger partial charge is 0.339 e. The van der Waals surface area contributed by atoms with E-state index in [1.807, 2.05) is 69.9 Å². The number of fused-ring (bicyclic) bond motifs is 2. The summed E-state index contributed by atoms with van der Waals surface area (Å²) in [5, 5.41) is 1.08. The molecule has 1 aromatic heterocycles. The molecule has 2 aromatic carbocycles. The number of ether oxygens (including phenoxy) is 1. The average molecular weight is 472 g/mol. The minimum Gasteiger partial charge on any atom is -0.453 e. The van der Waals surface area contributed by atoms with Gasteiger partial charge in [-0.2, -0.15) is 0 Å². The van der Waals surface area contributed by atoms with Gasteiger partial charge in [0.15, 0.2) is 0 Å². The largest absolute Gasteiger partial charge is 0.453 e. The summed E-state index contributed by atoms with van der Waals surface area (Å²) in [6.45, 7) is 2.84. The molecule has 3 aliphatic heterocycles. The van der Waals surface area contributed by atoms with Gasteiger partial charge in [-0.15, -0.1) is 0 Å². The van der Waals surface area contributed by atoms with Crippen LogP contribution in [-0.2, 0) is 16.6 Å². The number of carbonyl (C=O) groups is 3. The van der Waals surface area contributed by atoms with Crippen LogP contribution in [-0.4, -0.2) is 58.3 Å². The normalized spacial score (nSPS) is 20.9. The van der Waals surface area contributed by atoms with Crippen molar-refractivity contribution in [3.8, 4) is 0 Å². The average Bonchev–Trinajstić information content (AvgIpc) is 3.54. The van der Waals surface area contributed by atoms with Gasteiger partial charge in [0.25, 0.3) is 5.91 Å². The van der Waals surface area contributed by atoms with Gasteiger partial charge in [0.05, 0.1) is 12.0 Å². The minimum atomic E-state index is -0.497. The Bertz CT molecular complexity index is 1330. The molecule has 0 aliphatic carbocycles. The Kier molecular flexibility index (Phi) is 5.16. The van der Waals surface area contributed by atoms with Crippen LogP contribution in [0.2, 0.25) is 0 Å². The van der Waals surface area contributed by atoms with E-state index in [1.54, 1.807) is 6.07 Å². The van der Waals surface area contributed by atoms with Gasteiger partial charge in [-0.05, 0) is 42.9 Å². The first-order valence-electron chi connectivity index (χ1n) is 12.4. The molecule has 1 atom stereocenters. The van der Waals surface area contributed by atoms with Crippen LogP contribution in [0.3, 0.4) is 0 Å². The van der Waals surface area contributed by atoms with E-state index in [-0.39, 0.29) is 29.6 Å². The number of benzene rings is 2. The first-order valence-corrected chi connectivity index (χ1v) is 12.4. The molecule has 2 amide bonds. The first-order chi connectivity index (χ1) is 16.9. The van der Waals surface area contributed by atoms with E-state index in [4.69, 9.17) is 4.74 Å². The van der Waals surface area contributed by atoms with Gasteiger partial charge in [-0.3, -0.25) is 9.59 Å². The van der Waals surface area contributed by atoms with Crippen LogP contribution < -0.4 is 0 Å². The number of nitrogens with zero attached hydrogens (tertiary/aromatic N) is 3. The van der Waals surface area contributed by atoms with Gasteiger partial charge < -0.3 is 19.1 Å². The van der Waals surface area contributed by atoms with Crippen LogP contribution in [0.4, 0.5) is 0 Å². The number of likely N-dealkylation sites (tertiary alicyclic amines) is 2. The molecule has 0 saturated carbocycles. The third-order valence-corrected chi connectivity index (χ3v) is 8.21. The number of para-hydroxylation sites is 1. The highest BCUT2D eigenvalue weighted by atomic mass is 16.5. The second kappa shape index (κ2) is 8.26. The monoisotopic (exact) mass is 471 g/mol. The highest BCUT2D eigenvalue weighted by Gasteiger charge is 2.44. The molecule has 7 nitrogen and oxygen atoms in total. The second-order valence-electron chi connectivity index (χ2n) is 10.2.